The zero-order valence-corrected chi connectivity index (χ0v) is 13.8. The molecule has 2 N–H and O–H groups in total. The molecule has 136 valence electrons. The van der Waals surface area contributed by atoms with Crippen LogP contribution in [0, 0.1) is 0 Å². The van der Waals surface area contributed by atoms with Crippen LogP contribution in [0.5, 0.6) is 0 Å². The second-order valence-corrected chi connectivity index (χ2v) is 5.16. The lowest BCUT2D eigenvalue weighted by atomic mass is 9.97. The molecule has 0 aliphatic carbocycles. The fourth-order valence-corrected chi connectivity index (χ4v) is 2.26. The Kier molecular flexibility index (Phi) is 7.11. The molecular formula is C14H21NO9. The van der Waals surface area contributed by atoms with E-state index < -0.39 is 54.5 Å². The molecule has 5 atom stereocenters. The van der Waals surface area contributed by atoms with Crippen molar-refractivity contribution in [3.63, 3.8) is 0 Å². The molecule has 1 saturated heterocycles. The minimum Gasteiger partial charge on any atom is -0.463 e. The standard InChI is InChI=1S/C14H21NO9/c1-6(16)20-5-10-11(21-7(2)17)12(22-8(3)18)13(14(15)24-10)23-9(4)19/h10-14H,5,15H2,1-4H3/t10-,11-,12-,13+,14-/m0/s1. The summed E-state index contributed by atoms with van der Waals surface area (Å²) >= 11 is 0. The first-order valence-electron chi connectivity index (χ1n) is 7.18. The molecule has 0 unspecified atom stereocenters. The van der Waals surface area contributed by atoms with Crippen molar-refractivity contribution in [1.82, 2.24) is 0 Å². The van der Waals surface area contributed by atoms with Crippen molar-refractivity contribution in [3.8, 4) is 0 Å². The molecule has 0 spiro atoms. The van der Waals surface area contributed by atoms with Gasteiger partial charge < -0.3 is 29.4 Å². The number of carbonyl (C=O) groups is 4. The predicted molar refractivity (Wildman–Crippen MR) is 76.1 cm³/mol. The van der Waals surface area contributed by atoms with Crippen LogP contribution in [-0.4, -0.2) is 61.1 Å². The fraction of sp³-hybridized carbons (Fsp3) is 0.714. The van der Waals surface area contributed by atoms with E-state index in [2.05, 4.69) is 0 Å². The SMILES string of the molecule is CC(=O)OC[C@@H]1O[C@H](N)[C@H](OC(C)=O)[C@@H](OC(C)=O)[C@H]1OC(C)=O. The van der Waals surface area contributed by atoms with Gasteiger partial charge in [0.2, 0.25) is 0 Å². The zero-order valence-electron chi connectivity index (χ0n) is 13.8. The third-order valence-electron chi connectivity index (χ3n) is 3.03. The van der Waals surface area contributed by atoms with Gasteiger partial charge in [-0.2, -0.15) is 0 Å². The molecule has 1 heterocycles. The van der Waals surface area contributed by atoms with Gasteiger partial charge in [0, 0.05) is 27.7 Å². The van der Waals surface area contributed by atoms with Crippen molar-refractivity contribution in [2.24, 2.45) is 5.73 Å². The number of carbonyl (C=O) groups excluding carboxylic acids is 4. The van der Waals surface area contributed by atoms with E-state index in [-0.39, 0.29) is 6.61 Å². The van der Waals surface area contributed by atoms with Crippen molar-refractivity contribution in [1.29, 1.82) is 0 Å². The number of nitrogens with two attached hydrogens (primary N) is 1. The summed E-state index contributed by atoms with van der Waals surface area (Å²) in [6.07, 6.45) is -5.74. The first-order valence-corrected chi connectivity index (χ1v) is 7.18. The number of rotatable bonds is 5. The largest absolute Gasteiger partial charge is 0.463 e. The molecule has 0 aromatic carbocycles. The van der Waals surface area contributed by atoms with E-state index in [0.717, 1.165) is 20.8 Å². The lowest BCUT2D eigenvalue weighted by molar-refractivity contribution is -0.251. The summed E-state index contributed by atoms with van der Waals surface area (Å²) in [5, 5.41) is 0. The summed E-state index contributed by atoms with van der Waals surface area (Å²) in [6, 6.07) is 0. The third kappa shape index (κ3) is 5.78. The van der Waals surface area contributed by atoms with Crippen LogP contribution in [0.25, 0.3) is 0 Å². The topological polar surface area (TPSA) is 140 Å². The highest BCUT2D eigenvalue weighted by Crippen LogP contribution is 2.27. The molecule has 24 heavy (non-hydrogen) atoms. The summed E-state index contributed by atoms with van der Waals surface area (Å²) in [6.45, 7) is 4.32. The van der Waals surface area contributed by atoms with Crippen LogP contribution in [0.3, 0.4) is 0 Å². The maximum atomic E-state index is 11.4. The Labute approximate surface area is 138 Å². The number of esters is 4. The van der Waals surface area contributed by atoms with Gasteiger partial charge in [0.1, 0.15) is 18.9 Å². The summed E-state index contributed by atoms with van der Waals surface area (Å²) in [5.74, 6) is -2.66. The average molecular weight is 347 g/mol. The lowest BCUT2D eigenvalue weighted by Gasteiger charge is -2.43. The van der Waals surface area contributed by atoms with Crippen molar-refractivity contribution in [2.75, 3.05) is 6.61 Å². The van der Waals surface area contributed by atoms with Crippen molar-refractivity contribution in [3.05, 3.63) is 0 Å². The fourth-order valence-electron chi connectivity index (χ4n) is 2.26. The molecule has 1 rings (SSSR count). The first kappa shape index (κ1) is 19.8. The molecule has 1 aliphatic rings. The molecule has 0 amide bonds. The summed E-state index contributed by atoms with van der Waals surface area (Å²) in [7, 11) is 0. The second kappa shape index (κ2) is 8.60. The molecule has 0 saturated carbocycles. The summed E-state index contributed by atoms with van der Waals surface area (Å²) in [5.41, 5.74) is 5.81. The summed E-state index contributed by atoms with van der Waals surface area (Å²) in [4.78, 5) is 45.0. The van der Waals surface area contributed by atoms with E-state index in [1.165, 1.54) is 6.92 Å². The van der Waals surface area contributed by atoms with Gasteiger partial charge in [-0.15, -0.1) is 0 Å². The second-order valence-electron chi connectivity index (χ2n) is 5.16. The molecule has 10 heteroatoms. The normalized spacial score (nSPS) is 29.3. The Bertz CT molecular complexity index is 506. The molecule has 0 bridgehead atoms. The molecule has 0 radical (unpaired) electrons. The van der Waals surface area contributed by atoms with Crippen molar-refractivity contribution in [2.45, 2.75) is 58.3 Å². The quantitative estimate of drug-likeness (QED) is 0.487. The van der Waals surface area contributed by atoms with Crippen LogP contribution in [0.2, 0.25) is 0 Å². The summed E-state index contributed by atoms with van der Waals surface area (Å²) < 4.78 is 25.6. The van der Waals surface area contributed by atoms with E-state index in [1.807, 2.05) is 0 Å². The minimum atomic E-state index is -1.21. The highest BCUT2D eigenvalue weighted by atomic mass is 16.7. The first-order chi connectivity index (χ1) is 11.1. The monoisotopic (exact) mass is 347 g/mol. The highest BCUT2D eigenvalue weighted by Gasteiger charge is 2.51. The van der Waals surface area contributed by atoms with Gasteiger partial charge in [0.05, 0.1) is 0 Å². The molecular weight excluding hydrogens is 326 g/mol. The zero-order chi connectivity index (χ0) is 18.4. The Hall–Kier alpha value is -2.20. The maximum Gasteiger partial charge on any atom is 0.303 e. The van der Waals surface area contributed by atoms with Gasteiger partial charge in [-0.25, -0.2) is 0 Å². The van der Waals surface area contributed by atoms with E-state index in [9.17, 15) is 19.2 Å². The van der Waals surface area contributed by atoms with Gasteiger partial charge in [-0.05, 0) is 0 Å². The number of ether oxygens (including phenoxy) is 5. The minimum absolute atomic E-state index is 0.286. The van der Waals surface area contributed by atoms with E-state index in [4.69, 9.17) is 29.4 Å². The van der Waals surface area contributed by atoms with Crippen LogP contribution >= 0.6 is 0 Å². The Balaban J connectivity index is 3.11. The van der Waals surface area contributed by atoms with E-state index in [0.29, 0.717) is 0 Å². The molecule has 1 fully saturated rings. The van der Waals surface area contributed by atoms with Crippen LogP contribution < -0.4 is 5.73 Å². The van der Waals surface area contributed by atoms with Crippen molar-refractivity contribution < 1.29 is 42.9 Å². The van der Waals surface area contributed by atoms with Crippen LogP contribution in [0.4, 0.5) is 0 Å². The molecule has 10 nitrogen and oxygen atoms in total. The molecule has 1 aliphatic heterocycles. The molecule has 0 aromatic heterocycles. The Morgan fingerprint density at radius 2 is 1.25 bits per heavy atom. The Morgan fingerprint density at radius 3 is 1.71 bits per heavy atom. The lowest BCUT2D eigenvalue weighted by Crippen LogP contribution is -2.64. The van der Waals surface area contributed by atoms with E-state index >= 15 is 0 Å². The van der Waals surface area contributed by atoms with Gasteiger partial charge >= 0.3 is 23.9 Å². The van der Waals surface area contributed by atoms with Crippen molar-refractivity contribution >= 4 is 23.9 Å². The van der Waals surface area contributed by atoms with Gasteiger partial charge in [0.15, 0.2) is 18.3 Å². The van der Waals surface area contributed by atoms with Crippen LogP contribution in [0.15, 0.2) is 0 Å². The third-order valence-corrected chi connectivity index (χ3v) is 3.03. The van der Waals surface area contributed by atoms with Crippen LogP contribution in [-0.2, 0) is 42.9 Å². The maximum absolute atomic E-state index is 11.4. The van der Waals surface area contributed by atoms with Gasteiger partial charge in [0.25, 0.3) is 0 Å². The van der Waals surface area contributed by atoms with Gasteiger partial charge in [-0.1, -0.05) is 0 Å². The highest BCUT2D eigenvalue weighted by molar-refractivity contribution is 5.68. The number of hydrogen-bond donors (Lipinski definition) is 1. The van der Waals surface area contributed by atoms with E-state index in [1.54, 1.807) is 0 Å². The smallest absolute Gasteiger partial charge is 0.303 e. The molecule has 0 aromatic rings. The van der Waals surface area contributed by atoms with Gasteiger partial charge in [-0.3, -0.25) is 19.2 Å². The van der Waals surface area contributed by atoms with Crippen LogP contribution in [0.1, 0.15) is 27.7 Å². The Morgan fingerprint density at radius 1 is 0.792 bits per heavy atom. The number of hydrogen-bond acceptors (Lipinski definition) is 10. The average Bonchev–Trinajstić information content (AvgIpc) is 2.42. The predicted octanol–water partition coefficient (Wildman–Crippen LogP) is -0.972.